The number of urea groups is 1. The number of quaternary nitrogens is 1. The number of hydrogen-bond acceptors (Lipinski definition) is 5. The lowest BCUT2D eigenvalue weighted by Gasteiger charge is -2.54. The highest BCUT2D eigenvalue weighted by Gasteiger charge is 2.45. The Labute approximate surface area is 146 Å². The van der Waals surface area contributed by atoms with Crippen LogP contribution in [0.25, 0.3) is 0 Å². The highest BCUT2D eigenvalue weighted by atomic mass is 35.5. The lowest BCUT2D eigenvalue weighted by molar-refractivity contribution is -0.955. The molecule has 0 aromatic carbocycles. The number of nitroso groups, excluding NO2 is 1. The number of nitrogens with zero attached hydrogens (tertiary/aromatic N) is 2. The van der Waals surface area contributed by atoms with E-state index in [9.17, 15) is 19.7 Å². The summed E-state index contributed by atoms with van der Waals surface area (Å²) in [4.78, 5) is 34.2. The molecule has 9 nitrogen and oxygen atoms in total. The Balaban J connectivity index is 2.53. The molecule has 0 radical (unpaired) electrons. The molecule has 138 valence electrons. The van der Waals surface area contributed by atoms with Crippen LogP contribution in [0.15, 0.2) is 5.29 Å². The molecule has 0 aromatic heterocycles. The largest absolute Gasteiger partial charge is 0.634 e. The summed E-state index contributed by atoms with van der Waals surface area (Å²) in [5.74, 6) is -0.322. The zero-order chi connectivity index (χ0) is 18.5. The molecule has 0 aromatic rings. The van der Waals surface area contributed by atoms with Gasteiger partial charge in [-0.15, -0.1) is 16.5 Å². The minimum Gasteiger partial charge on any atom is -0.634 e. The van der Waals surface area contributed by atoms with Crippen LogP contribution in [0.4, 0.5) is 4.79 Å². The SMILES string of the molecule is CC1(C)CC(NC(=O)CNC(=O)N(CCCl)N=O)CC(C)(C)[NH+]1[O-]. The molecular weight excluding hydrogens is 338 g/mol. The Morgan fingerprint density at radius 2 is 1.83 bits per heavy atom. The van der Waals surface area contributed by atoms with Crippen molar-refractivity contribution < 1.29 is 14.7 Å². The third-order valence-corrected chi connectivity index (χ3v) is 4.31. The van der Waals surface area contributed by atoms with E-state index in [1.54, 1.807) is 0 Å². The highest BCUT2D eigenvalue weighted by molar-refractivity contribution is 6.18. The maximum Gasteiger partial charge on any atom is 0.340 e. The number of amides is 3. The smallest absolute Gasteiger partial charge is 0.340 e. The second kappa shape index (κ2) is 8.09. The Bertz CT molecular complexity index is 468. The van der Waals surface area contributed by atoms with E-state index in [4.69, 9.17) is 11.6 Å². The van der Waals surface area contributed by atoms with Crippen molar-refractivity contribution in [3.05, 3.63) is 10.1 Å². The van der Waals surface area contributed by atoms with Crippen LogP contribution in [-0.4, -0.2) is 53.0 Å². The number of halogens is 1. The summed E-state index contributed by atoms with van der Waals surface area (Å²) in [6.07, 6.45) is 1.09. The molecule has 0 unspecified atom stereocenters. The fraction of sp³-hybridized carbons (Fsp3) is 0.857. The van der Waals surface area contributed by atoms with Gasteiger partial charge in [-0.1, -0.05) is 0 Å². The molecular formula is C14H26ClN5O4. The van der Waals surface area contributed by atoms with Crippen LogP contribution in [0.5, 0.6) is 0 Å². The van der Waals surface area contributed by atoms with Crippen LogP contribution in [0.1, 0.15) is 40.5 Å². The van der Waals surface area contributed by atoms with E-state index in [0.29, 0.717) is 17.9 Å². The maximum absolute atomic E-state index is 12.4. The third-order valence-electron chi connectivity index (χ3n) is 4.14. The van der Waals surface area contributed by atoms with Gasteiger partial charge in [-0.3, -0.25) is 4.79 Å². The molecule has 0 atom stereocenters. The molecule has 1 heterocycles. The molecule has 3 N–H and O–H groups in total. The van der Waals surface area contributed by atoms with Crippen molar-refractivity contribution in [2.75, 3.05) is 19.0 Å². The first kappa shape index (κ1) is 20.6. The molecule has 1 aliphatic heterocycles. The second-order valence-corrected chi connectivity index (χ2v) is 7.70. The number of nitrogens with one attached hydrogen (secondary N) is 3. The molecule has 24 heavy (non-hydrogen) atoms. The zero-order valence-electron chi connectivity index (χ0n) is 14.5. The fourth-order valence-electron chi connectivity index (χ4n) is 3.29. The van der Waals surface area contributed by atoms with Gasteiger partial charge in [-0.05, 0) is 27.7 Å². The van der Waals surface area contributed by atoms with E-state index in [-0.39, 0.29) is 36.0 Å². The van der Waals surface area contributed by atoms with Gasteiger partial charge in [0.1, 0.15) is 0 Å². The number of carbonyl (C=O) groups is 2. The maximum atomic E-state index is 12.4. The topological polar surface area (TPSA) is 118 Å². The van der Waals surface area contributed by atoms with Gasteiger partial charge in [-0.2, -0.15) is 5.01 Å². The zero-order valence-corrected chi connectivity index (χ0v) is 15.3. The monoisotopic (exact) mass is 363 g/mol. The number of alkyl halides is 1. The molecule has 1 fully saturated rings. The first-order valence-corrected chi connectivity index (χ1v) is 8.36. The van der Waals surface area contributed by atoms with Gasteiger partial charge in [-0.25, -0.2) is 4.79 Å². The van der Waals surface area contributed by atoms with E-state index < -0.39 is 17.1 Å². The normalized spacial score (nSPS) is 24.8. The van der Waals surface area contributed by atoms with Crippen molar-refractivity contribution in [3.63, 3.8) is 0 Å². The summed E-state index contributed by atoms with van der Waals surface area (Å²) < 4.78 is 0. The van der Waals surface area contributed by atoms with Gasteiger partial charge in [0.15, 0.2) is 0 Å². The Hall–Kier alpha value is -1.45. The average molecular weight is 364 g/mol. The van der Waals surface area contributed by atoms with Crippen LogP contribution in [0, 0.1) is 10.1 Å². The molecule has 0 spiro atoms. The predicted octanol–water partition coefficient (Wildman–Crippen LogP) is 0.137. The van der Waals surface area contributed by atoms with Gasteiger partial charge in [0.25, 0.3) is 0 Å². The van der Waals surface area contributed by atoms with Crippen LogP contribution >= 0.6 is 11.6 Å². The van der Waals surface area contributed by atoms with Crippen LogP contribution < -0.4 is 15.7 Å². The molecule has 0 bridgehead atoms. The van der Waals surface area contributed by atoms with Crippen molar-refractivity contribution >= 4 is 23.5 Å². The van der Waals surface area contributed by atoms with Crippen LogP contribution in [0.3, 0.4) is 0 Å². The summed E-state index contributed by atoms with van der Waals surface area (Å²) in [5.41, 5.74) is -1.02. The Kier molecular flexibility index (Phi) is 6.94. The minimum absolute atomic E-state index is 0.0361. The molecule has 0 saturated carbocycles. The van der Waals surface area contributed by atoms with Crippen molar-refractivity contribution in [3.8, 4) is 0 Å². The number of piperidine rings is 1. The van der Waals surface area contributed by atoms with Gasteiger partial charge in [0.05, 0.1) is 29.5 Å². The summed E-state index contributed by atoms with van der Waals surface area (Å²) in [6, 6.07) is -0.930. The highest BCUT2D eigenvalue weighted by Crippen LogP contribution is 2.23. The number of carbonyl (C=O) groups excluding carboxylic acids is 2. The quantitative estimate of drug-likeness (QED) is 0.269. The number of hydrogen-bond donors (Lipinski definition) is 3. The molecule has 10 heteroatoms. The summed E-state index contributed by atoms with van der Waals surface area (Å²) in [6.45, 7) is 7.17. The summed E-state index contributed by atoms with van der Waals surface area (Å²) in [5, 5.41) is 20.8. The summed E-state index contributed by atoms with van der Waals surface area (Å²) >= 11 is 5.45. The molecule has 0 aliphatic carbocycles. The van der Waals surface area contributed by atoms with Gasteiger partial charge < -0.3 is 20.9 Å². The number of hydroxylamine groups is 2. The van der Waals surface area contributed by atoms with Gasteiger partial charge in [0.2, 0.25) is 5.91 Å². The lowest BCUT2D eigenvalue weighted by Crippen LogP contribution is -3.23. The molecule has 1 rings (SSSR count). The first-order chi connectivity index (χ1) is 11.0. The molecule has 1 aliphatic rings. The predicted molar refractivity (Wildman–Crippen MR) is 90.3 cm³/mol. The van der Waals surface area contributed by atoms with Crippen molar-refractivity contribution in [2.45, 2.75) is 57.7 Å². The molecule has 3 amide bonds. The van der Waals surface area contributed by atoms with Crippen molar-refractivity contribution in [1.82, 2.24) is 15.6 Å². The van der Waals surface area contributed by atoms with Gasteiger partial charge >= 0.3 is 6.03 Å². The molecule has 1 saturated heterocycles. The Morgan fingerprint density at radius 3 is 2.29 bits per heavy atom. The number of rotatable bonds is 6. The van der Waals surface area contributed by atoms with Crippen molar-refractivity contribution in [1.29, 1.82) is 0 Å². The van der Waals surface area contributed by atoms with Crippen LogP contribution in [-0.2, 0) is 4.79 Å². The first-order valence-electron chi connectivity index (χ1n) is 7.82. The second-order valence-electron chi connectivity index (χ2n) is 7.32. The van der Waals surface area contributed by atoms with E-state index in [2.05, 4.69) is 15.9 Å². The fourth-order valence-corrected chi connectivity index (χ4v) is 3.45. The lowest BCUT2D eigenvalue weighted by atomic mass is 9.79. The van der Waals surface area contributed by atoms with Crippen molar-refractivity contribution in [2.24, 2.45) is 5.29 Å². The minimum atomic E-state index is -0.778. The standard InChI is InChI=1S/C14H26ClN5O4/c1-13(2)7-10(8-14(3,4)20(13)24)17-11(21)9-16-12(22)19(18-23)6-5-15/h10,20H,5-9H2,1-4H3,(H,16,22)(H,17,21). The third kappa shape index (κ3) is 5.29. The van der Waals surface area contributed by atoms with Gasteiger partial charge in [0, 0.05) is 24.8 Å². The van der Waals surface area contributed by atoms with E-state index >= 15 is 0 Å². The van der Waals surface area contributed by atoms with E-state index in [1.165, 1.54) is 0 Å². The average Bonchev–Trinajstić information content (AvgIpc) is 2.47. The van der Waals surface area contributed by atoms with E-state index in [1.807, 2.05) is 27.7 Å². The summed E-state index contributed by atoms with van der Waals surface area (Å²) in [7, 11) is 0. The van der Waals surface area contributed by atoms with Crippen LogP contribution in [0.2, 0.25) is 0 Å². The van der Waals surface area contributed by atoms with E-state index in [0.717, 1.165) is 0 Å². The Morgan fingerprint density at radius 1 is 1.29 bits per heavy atom.